The quantitative estimate of drug-likeness (QED) is 0.864. The monoisotopic (exact) mass is 288 g/mol. The number of phenols is 1. The average Bonchev–Trinajstić information content (AvgIpc) is 2.25. The van der Waals surface area contributed by atoms with Crippen LogP contribution < -0.4 is 9.47 Å². The van der Waals surface area contributed by atoms with Gasteiger partial charge in [-0.1, -0.05) is 0 Å². The molecule has 0 fully saturated rings. The van der Waals surface area contributed by atoms with Crippen molar-refractivity contribution in [2.24, 2.45) is 0 Å². The van der Waals surface area contributed by atoms with Gasteiger partial charge >= 0.3 is 5.97 Å². The maximum absolute atomic E-state index is 10.6. The molecular weight excluding hydrogens is 280 g/mol. The Hall–Kier alpha value is -1.43. The van der Waals surface area contributed by atoms with E-state index in [1.54, 1.807) is 0 Å². The lowest BCUT2D eigenvalue weighted by molar-refractivity contribution is -0.136. The summed E-state index contributed by atoms with van der Waals surface area (Å²) in [5.74, 6) is -0.268. The number of carboxylic acids is 1. The summed E-state index contributed by atoms with van der Waals surface area (Å²) >= 11 is 3.16. The summed E-state index contributed by atoms with van der Waals surface area (Å²) in [6.07, 6.45) is -0.263. The van der Waals surface area contributed by atoms with Gasteiger partial charge < -0.3 is 19.7 Å². The summed E-state index contributed by atoms with van der Waals surface area (Å²) < 4.78 is 11.0. The van der Waals surface area contributed by atoms with Crippen molar-refractivity contribution in [1.29, 1.82) is 0 Å². The van der Waals surface area contributed by atoms with Crippen LogP contribution in [0.25, 0.3) is 0 Å². The van der Waals surface area contributed by atoms with Gasteiger partial charge in [0.2, 0.25) is 0 Å². The van der Waals surface area contributed by atoms with Gasteiger partial charge in [-0.2, -0.15) is 0 Å². The summed E-state index contributed by atoms with van der Waals surface area (Å²) in [5.41, 5.74) is 0.295. The molecule has 0 saturated carbocycles. The molecule has 1 aliphatic heterocycles. The number of hydrogen-bond donors (Lipinski definition) is 2. The van der Waals surface area contributed by atoms with Crippen molar-refractivity contribution in [3.8, 4) is 17.2 Å². The van der Waals surface area contributed by atoms with Crippen molar-refractivity contribution >= 4 is 21.9 Å². The van der Waals surface area contributed by atoms with E-state index in [1.165, 1.54) is 6.07 Å². The van der Waals surface area contributed by atoms with Crippen LogP contribution in [-0.4, -0.2) is 29.4 Å². The Kier molecular flexibility index (Phi) is 2.91. The van der Waals surface area contributed by atoms with Crippen molar-refractivity contribution in [3.05, 3.63) is 16.1 Å². The molecule has 1 aromatic rings. The number of rotatable bonds is 2. The first kappa shape index (κ1) is 11.1. The van der Waals surface area contributed by atoms with Crippen molar-refractivity contribution in [3.63, 3.8) is 0 Å². The number of halogens is 1. The first-order valence-corrected chi connectivity index (χ1v) is 5.40. The maximum Gasteiger partial charge on any atom is 0.307 e. The van der Waals surface area contributed by atoms with E-state index >= 15 is 0 Å². The fourth-order valence-corrected chi connectivity index (χ4v) is 2.05. The molecule has 0 radical (unpaired) electrons. The van der Waals surface area contributed by atoms with E-state index in [4.69, 9.17) is 14.6 Å². The summed E-state index contributed by atoms with van der Waals surface area (Å²) in [6.45, 7) is 0.819. The van der Waals surface area contributed by atoms with Crippen LogP contribution in [0.15, 0.2) is 10.5 Å². The Labute approximate surface area is 99.7 Å². The fourth-order valence-electron chi connectivity index (χ4n) is 1.48. The summed E-state index contributed by atoms with van der Waals surface area (Å²) in [7, 11) is 0. The van der Waals surface area contributed by atoms with E-state index in [-0.39, 0.29) is 12.2 Å². The second kappa shape index (κ2) is 4.21. The van der Waals surface area contributed by atoms with E-state index in [0.29, 0.717) is 34.7 Å². The van der Waals surface area contributed by atoms with Gasteiger partial charge in [0.05, 0.1) is 6.42 Å². The van der Waals surface area contributed by atoms with E-state index in [2.05, 4.69) is 15.9 Å². The molecule has 0 unspecified atom stereocenters. The molecule has 0 saturated heterocycles. The van der Waals surface area contributed by atoms with Crippen molar-refractivity contribution in [1.82, 2.24) is 0 Å². The normalized spacial score (nSPS) is 13.6. The zero-order valence-corrected chi connectivity index (χ0v) is 9.78. The summed E-state index contributed by atoms with van der Waals surface area (Å²) in [5, 5.41) is 18.4. The molecule has 1 aromatic carbocycles. The Balaban J connectivity index is 2.48. The molecule has 0 spiro atoms. The zero-order valence-electron chi connectivity index (χ0n) is 8.20. The lowest BCUT2D eigenvalue weighted by Crippen LogP contribution is -2.16. The van der Waals surface area contributed by atoms with Crippen molar-refractivity contribution in [2.45, 2.75) is 6.42 Å². The lowest BCUT2D eigenvalue weighted by Gasteiger charge is -2.21. The van der Waals surface area contributed by atoms with Crippen LogP contribution in [0.2, 0.25) is 0 Å². The molecule has 6 heteroatoms. The van der Waals surface area contributed by atoms with E-state index in [1.807, 2.05) is 0 Å². The number of aliphatic carboxylic acids is 1. The van der Waals surface area contributed by atoms with Crippen LogP contribution in [0.1, 0.15) is 5.56 Å². The van der Waals surface area contributed by atoms with Gasteiger partial charge in [-0.15, -0.1) is 0 Å². The molecular formula is C10H9BrO5. The molecule has 2 rings (SSSR count). The number of ether oxygens (including phenoxy) is 2. The third kappa shape index (κ3) is 1.92. The molecule has 0 aromatic heterocycles. The number of hydrogen-bond acceptors (Lipinski definition) is 4. The SMILES string of the molecule is O=C(O)Cc1cc2c(c(Br)c1O)OCCO2. The molecule has 2 N–H and O–H groups in total. The van der Waals surface area contributed by atoms with Gasteiger partial charge in [-0.25, -0.2) is 0 Å². The number of fused-ring (bicyclic) bond motifs is 1. The smallest absolute Gasteiger partial charge is 0.307 e. The second-order valence-corrected chi connectivity index (χ2v) is 4.09. The van der Waals surface area contributed by atoms with Gasteiger partial charge in [-0.3, -0.25) is 4.79 Å². The highest BCUT2D eigenvalue weighted by Crippen LogP contribution is 2.45. The van der Waals surface area contributed by atoms with Gasteiger partial charge in [-0.05, 0) is 22.0 Å². The number of carbonyl (C=O) groups is 1. The predicted molar refractivity (Wildman–Crippen MR) is 58.1 cm³/mol. The van der Waals surface area contributed by atoms with Gasteiger partial charge in [0, 0.05) is 5.56 Å². The second-order valence-electron chi connectivity index (χ2n) is 3.29. The van der Waals surface area contributed by atoms with E-state index < -0.39 is 5.97 Å². The molecule has 1 aliphatic rings. The fraction of sp³-hybridized carbons (Fsp3) is 0.300. The van der Waals surface area contributed by atoms with Crippen LogP contribution in [0.4, 0.5) is 0 Å². The molecule has 5 nitrogen and oxygen atoms in total. The highest BCUT2D eigenvalue weighted by atomic mass is 79.9. The molecule has 0 aliphatic carbocycles. The number of aromatic hydroxyl groups is 1. The van der Waals surface area contributed by atoms with E-state index in [0.717, 1.165) is 0 Å². The first-order chi connectivity index (χ1) is 7.59. The zero-order chi connectivity index (χ0) is 11.7. The van der Waals surface area contributed by atoms with Crippen molar-refractivity contribution < 1.29 is 24.5 Å². The summed E-state index contributed by atoms with van der Waals surface area (Å²) in [4.78, 5) is 10.6. The Morgan fingerprint density at radius 2 is 2.12 bits per heavy atom. The molecule has 0 bridgehead atoms. The average molecular weight is 289 g/mol. The van der Waals surface area contributed by atoms with Gasteiger partial charge in [0.25, 0.3) is 0 Å². The standard InChI is InChI=1S/C10H9BrO5/c11-8-9(14)5(4-7(12)13)3-6-10(8)16-2-1-15-6/h3,14H,1-2,4H2,(H,12,13). The largest absolute Gasteiger partial charge is 0.506 e. The van der Waals surface area contributed by atoms with Crippen LogP contribution in [0.3, 0.4) is 0 Å². The highest BCUT2D eigenvalue weighted by molar-refractivity contribution is 9.10. The number of phenolic OH excluding ortho intramolecular Hbond substituents is 1. The Bertz CT molecular complexity index is 443. The Morgan fingerprint density at radius 1 is 1.44 bits per heavy atom. The summed E-state index contributed by atoms with van der Waals surface area (Å²) in [6, 6.07) is 1.49. The minimum Gasteiger partial charge on any atom is -0.506 e. The lowest BCUT2D eigenvalue weighted by atomic mass is 10.1. The molecule has 0 atom stereocenters. The van der Waals surface area contributed by atoms with Crippen LogP contribution in [0, 0.1) is 0 Å². The minimum absolute atomic E-state index is 0.119. The third-order valence-corrected chi connectivity index (χ3v) is 2.91. The van der Waals surface area contributed by atoms with Crippen molar-refractivity contribution in [2.75, 3.05) is 13.2 Å². The Morgan fingerprint density at radius 3 is 2.81 bits per heavy atom. The van der Waals surface area contributed by atoms with Crippen LogP contribution in [0.5, 0.6) is 17.2 Å². The molecule has 16 heavy (non-hydrogen) atoms. The first-order valence-electron chi connectivity index (χ1n) is 4.61. The predicted octanol–water partition coefficient (Wildman–Crippen LogP) is 1.55. The molecule has 0 amide bonds. The molecule has 86 valence electrons. The third-order valence-electron chi connectivity index (χ3n) is 2.17. The van der Waals surface area contributed by atoms with Gasteiger partial charge in [0.1, 0.15) is 23.4 Å². The minimum atomic E-state index is -1.01. The maximum atomic E-state index is 10.6. The van der Waals surface area contributed by atoms with E-state index in [9.17, 15) is 9.90 Å². The topological polar surface area (TPSA) is 76.0 Å². The molecule has 1 heterocycles. The highest BCUT2D eigenvalue weighted by Gasteiger charge is 2.22. The number of benzene rings is 1. The number of carboxylic acid groups (broad SMARTS) is 1. The van der Waals surface area contributed by atoms with Crippen LogP contribution >= 0.6 is 15.9 Å². The van der Waals surface area contributed by atoms with Gasteiger partial charge in [0.15, 0.2) is 11.5 Å². The van der Waals surface area contributed by atoms with Crippen LogP contribution in [-0.2, 0) is 11.2 Å².